The molecule has 0 bridgehead atoms. The molecule has 0 aliphatic carbocycles. The van der Waals surface area contributed by atoms with E-state index in [1.54, 1.807) is 0 Å². The Morgan fingerprint density at radius 2 is 2.11 bits per heavy atom. The third-order valence-electron chi connectivity index (χ3n) is 3.64. The number of hydrogen-bond acceptors (Lipinski definition) is 2. The smallest absolute Gasteiger partial charge is 0.124 e. The summed E-state index contributed by atoms with van der Waals surface area (Å²) < 4.78 is 5.82. The van der Waals surface area contributed by atoms with Crippen molar-refractivity contribution < 1.29 is 4.74 Å². The van der Waals surface area contributed by atoms with Crippen molar-refractivity contribution in [2.24, 2.45) is 0 Å². The zero-order chi connectivity index (χ0) is 12.4. The zero-order valence-corrected chi connectivity index (χ0v) is 10.8. The number of rotatable bonds is 3. The molecular formula is C16H19NO. The first-order valence-electron chi connectivity index (χ1n) is 6.78. The summed E-state index contributed by atoms with van der Waals surface area (Å²) in [7, 11) is 0. The normalized spacial score (nSPS) is 19.3. The maximum absolute atomic E-state index is 5.82. The van der Waals surface area contributed by atoms with Crippen LogP contribution in [0, 0.1) is 0 Å². The van der Waals surface area contributed by atoms with Gasteiger partial charge in [0, 0.05) is 11.6 Å². The third kappa shape index (κ3) is 1.97. The van der Waals surface area contributed by atoms with Crippen LogP contribution in [0.4, 0.5) is 0 Å². The highest BCUT2D eigenvalue weighted by molar-refractivity contribution is 5.88. The van der Waals surface area contributed by atoms with E-state index in [0.29, 0.717) is 6.04 Å². The summed E-state index contributed by atoms with van der Waals surface area (Å²) >= 11 is 0. The maximum Gasteiger partial charge on any atom is 0.124 e. The lowest BCUT2D eigenvalue weighted by atomic mass is 9.96. The molecule has 1 atom stereocenters. The van der Waals surface area contributed by atoms with Crippen molar-refractivity contribution in [1.82, 2.24) is 5.32 Å². The largest absolute Gasteiger partial charge is 0.494 e. The van der Waals surface area contributed by atoms with Crippen LogP contribution < -0.4 is 10.1 Å². The van der Waals surface area contributed by atoms with Crippen LogP contribution in [0.5, 0.6) is 5.75 Å². The van der Waals surface area contributed by atoms with Crippen LogP contribution in [-0.4, -0.2) is 13.2 Å². The lowest BCUT2D eigenvalue weighted by Crippen LogP contribution is -2.14. The predicted octanol–water partition coefficient (Wildman–Crippen LogP) is 3.66. The maximum atomic E-state index is 5.82. The van der Waals surface area contributed by atoms with Crippen molar-refractivity contribution in [2.45, 2.75) is 25.8 Å². The lowest BCUT2D eigenvalue weighted by molar-refractivity contribution is 0.334. The van der Waals surface area contributed by atoms with Gasteiger partial charge in [0.05, 0.1) is 6.61 Å². The van der Waals surface area contributed by atoms with E-state index in [-0.39, 0.29) is 0 Å². The molecule has 1 fully saturated rings. The highest BCUT2D eigenvalue weighted by Crippen LogP contribution is 2.36. The molecule has 2 aromatic rings. The molecule has 1 heterocycles. The van der Waals surface area contributed by atoms with Crippen LogP contribution >= 0.6 is 0 Å². The molecule has 1 aliphatic rings. The minimum absolute atomic E-state index is 0.442. The van der Waals surface area contributed by atoms with E-state index in [9.17, 15) is 0 Å². The quantitative estimate of drug-likeness (QED) is 0.885. The second-order valence-electron chi connectivity index (χ2n) is 4.78. The number of fused-ring (bicyclic) bond motifs is 1. The van der Waals surface area contributed by atoms with Crippen molar-refractivity contribution in [1.29, 1.82) is 0 Å². The summed E-state index contributed by atoms with van der Waals surface area (Å²) in [6.07, 6.45) is 2.45. The van der Waals surface area contributed by atoms with Gasteiger partial charge in [0.2, 0.25) is 0 Å². The molecule has 1 unspecified atom stereocenters. The lowest BCUT2D eigenvalue weighted by Gasteiger charge is -2.18. The predicted molar refractivity (Wildman–Crippen MR) is 75.1 cm³/mol. The number of hydrogen-bond donors (Lipinski definition) is 1. The molecule has 1 aliphatic heterocycles. The Kier molecular flexibility index (Phi) is 3.20. The molecule has 0 amide bonds. The van der Waals surface area contributed by atoms with Gasteiger partial charge in [-0.25, -0.2) is 0 Å². The Morgan fingerprint density at radius 3 is 2.89 bits per heavy atom. The van der Waals surface area contributed by atoms with Crippen molar-refractivity contribution in [3.63, 3.8) is 0 Å². The van der Waals surface area contributed by atoms with Crippen LogP contribution in [0.2, 0.25) is 0 Å². The molecule has 0 saturated carbocycles. The molecule has 2 aromatic carbocycles. The van der Waals surface area contributed by atoms with E-state index in [1.807, 2.05) is 6.92 Å². The zero-order valence-electron chi connectivity index (χ0n) is 10.8. The standard InChI is InChI=1S/C16H19NO/c1-2-18-15-10-9-12-6-3-4-7-13(12)16(15)14-8-5-11-17-14/h3-4,6-7,9-10,14,17H,2,5,8,11H2,1H3. The molecule has 1 N–H and O–H groups in total. The van der Waals surface area contributed by atoms with Gasteiger partial charge in [0.25, 0.3) is 0 Å². The van der Waals surface area contributed by atoms with Crippen LogP contribution in [0.1, 0.15) is 31.4 Å². The molecule has 0 spiro atoms. The van der Waals surface area contributed by atoms with E-state index in [4.69, 9.17) is 4.74 Å². The minimum atomic E-state index is 0.442. The third-order valence-corrected chi connectivity index (χ3v) is 3.64. The number of benzene rings is 2. The van der Waals surface area contributed by atoms with Gasteiger partial charge in [-0.05, 0) is 43.1 Å². The Morgan fingerprint density at radius 1 is 1.22 bits per heavy atom. The van der Waals surface area contributed by atoms with Crippen LogP contribution in [0.3, 0.4) is 0 Å². The monoisotopic (exact) mass is 241 g/mol. The molecule has 0 radical (unpaired) electrons. The first kappa shape index (κ1) is 11.5. The van der Waals surface area contributed by atoms with Gasteiger partial charge in [-0.1, -0.05) is 30.3 Å². The average molecular weight is 241 g/mol. The summed E-state index contributed by atoms with van der Waals surface area (Å²) in [6.45, 7) is 3.87. The second kappa shape index (κ2) is 4.99. The van der Waals surface area contributed by atoms with E-state index in [1.165, 1.54) is 29.2 Å². The van der Waals surface area contributed by atoms with Crippen molar-refractivity contribution in [2.75, 3.05) is 13.2 Å². The first-order valence-corrected chi connectivity index (χ1v) is 6.78. The molecular weight excluding hydrogens is 222 g/mol. The van der Waals surface area contributed by atoms with E-state index < -0.39 is 0 Å². The summed E-state index contributed by atoms with van der Waals surface area (Å²) in [5.41, 5.74) is 1.34. The fourth-order valence-corrected chi connectivity index (χ4v) is 2.85. The second-order valence-corrected chi connectivity index (χ2v) is 4.78. The van der Waals surface area contributed by atoms with Crippen molar-refractivity contribution in [3.05, 3.63) is 42.0 Å². The topological polar surface area (TPSA) is 21.3 Å². The Labute approximate surface area is 108 Å². The van der Waals surface area contributed by atoms with Crippen LogP contribution in [0.15, 0.2) is 36.4 Å². The highest BCUT2D eigenvalue weighted by atomic mass is 16.5. The van der Waals surface area contributed by atoms with Gasteiger partial charge in [-0.2, -0.15) is 0 Å². The number of nitrogens with one attached hydrogen (secondary N) is 1. The van der Waals surface area contributed by atoms with Gasteiger partial charge < -0.3 is 10.1 Å². The molecule has 2 heteroatoms. The van der Waals surface area contributed by atoms with E-state index >= 15 is 0 Å². The van der Waals surface area contributed by atoms with Crippen LogP contribution in [-0.2, 0) is 0 Å². The van der Waals surface area contributed by atoms with Gasteiger partial charge in [-0.15, -0.1) is 0 Å². The summed E-state index contributed by atoms with van der Waals surface area (Å²) in [4.78, 5) is 0. The van der Waals surface area contributed by atoms with E-state index in [0.717, 1.165) is 18.9 Å². The SMILES string of the molecule is CCOc1ccc2ccccc2c1C1CCCN1. The molecule has 18 heavy (non-hydrogen) atoms. The highest BCUT2D eigenvalue weighted by Gasteiger charge is 2.22. The van der Waals surface area contributed by atoms with Gasteiger partial charge >= 0.3 is 0 Å². The minimum Gasteiger partial charge on any atom is -0.494 e. The fraction of sp³-hybridized carbons (Fsp3) is 0.375. The Bertz CT molecular complexity index is 544. The van der Waals surface area contributed by atoms with Crippen molar-refractivity contribution in [3.8, 4) is 5.75 Å². The molecule has 1 saturated heterocycles. The van der Waals surface area contributed by atoms with Gasteiger partial charge in [-0.3, -0.25) is 0 Å². The first-order chi connectivity index (χ1) is 8.90. The van der Waals surface area contributed by atoms with Crippen molar-refractivity contribution >= 4 is 10.8 Å². The Balaban J connectivity index is 2.17. The fourth-order valence-electron chi connectivity index (χ4n) is 2.85. The Hall–Kier alpha value is -1.54. The van der Waals surface area contributed by atoms with E-state index in [2.05, 4.69) is 41.7 Å². The number of ether oxygens (including phenoxy) is 1. The van der Waals surface area contributed by atoms with Gasteiger partial charge in [0.1, 0.15) is 5.75 Å². The molecule has 2 nitrogen and oxygen atoms in total. The van der Waals surface area contributed by atoms with Gasteiger partial charge in [0.15, 0.2) is 0 Å². The van der Waals surface area contributed by atoms with Crippen LogP contribution in [0.25, 0.3) is 10.8 Å². The summed E-state index contributed by atoms with van der Waals surface area (Å²) in [5, 5.41) is 6.20. The average Bonchev–Trinajstić information content (AvgIpc) is 2.92. The molecule has 3 rings (SSSR count). The summed E-state index contributed by atoms with van der Waals surface area (Å²) in [5.74, 6) is 1.04. The molecule has 0 aromatic heterocycles. The summed E-state index contributed by atoms with van der Waals surface area (Å²) in [6, 6.07) is 13.3. The molecule has 94 valence electrons.